The Morgan fingerprint density at radius 3 is 2.35 bits per heavy atom. The van der Waals surface area contributed by atoms with Crippen LogP contribution in [0.5, 0.6) is 0 Å². The van der Waals surface area contributed by atoms with E-state index >= 15 is 0 Å². The van der Waals surface area contributed by atoms with E-state index in [-0.39, 0.29) is 12.3 Å². The second kappa shape index (κ2) is 6.03. The van der Waals surface area contributed by atoms with Gasteiger partial charge in [-0.25, -0.2) is 0 Å². The highest BCUT2D eigenvalue weighted by Crippen LogP contribution is 2.11. The summed E-state index contributed by atoms with van der Waals surface area (Å²) in [4.78, 5) is 22.4. The van der Waals surface area contributed by atoms with Crippen LogP contribution in [0.3, 0.4) is 0 Å². The first kappa shape index (κ1) is 13.2. The fraction of sp³-hybridized carbons (Fsp3) is 0.385. The number of hydrogen-bond acceptors (Lipinski definition) is 2. The van der Waals surface area contributed by atoms with E-state index in [1.165, 1.54) is 5.56 Å². The molecule has 1 atom stereocenters. The summed E-state index contributed by atoms with van der Waals surface area (Å²) < 4.78 is 0. The predicted octanol–water partition coefficient (Wildman–Crippen LogP) is 1.70. The van der Waals surface area contributed by atoms with Gasteiger partial charge in [-0.05, 0) is 24.1 Å². The van der Waals surface area contributed by atoms with Gasteiger partial charge in [0.15, 0.2) is 0 Å². The van der Waals surface area contributed by atoms with Gasteiger partial charge in [0.05, 0.1) is 0 Å². The maximum Gasteiger partial charge on any atom is 0.225 e. The van der Waals surface area contributed by atoms with Gasteiger partial charge in [0, 0.05) is 18.0 Å². The van der Waals surface area contributed by atoms with Crippen LogP contribution in [0.25, 0.3) is 0 Å². The maximum absolute atomic E-state index is 11.6. The molecule has 4 nitrogen and oxygen atoms in total. The number of carbonyl (C=O) groups is 2. The third-order valence-corrected chi connectivity index (χ3v) is 2.62. The van der Waals surface area contributed by atoms with Crippen LogP contribution in [0, 0.1) is 5.92 Å². The molecule has 1 rings (SSSR count). The molecular weight excluding hydrogens is 216 g/mol. The van der Waals surface area contributed by atoms with Crippen LogP contribution < -0.4 is 11.1 Å². The van der Waals surface area contributed by atoms with E-state index < -0.39 is 11.8 Å². The largest absolute Gasteiger partial charge is 0.369 e. The lowest BCUT2D eigenvalue weighted by molar-refractivity contribution is -0.125. The van der Waals surface area contributed by atoms with Crippen LogP contribution in [-0.2, 0) is 16.0 Å². The Kier molecular flexibility index (Phi) is 4.69. The highest BCUT2D eigenvalue weighted by Gasteiger charge is 2.13. The SMILES string of the molecule is CCc1ccc(NC(=O)CC(C)C(N)=O)cc1. The van der Waals surface area contributed by atoms with Crippen molar-refractivity contribution < 1.29 is 9.59 Å². The molecule has 0 fully saturated rings. The molecule has 0 saturated carbocycles. The number of primary amides is 1. The van der Waals surface area contributed by atoms with Gasteiger partial charge in [-0.15, -0.1) is 0 Å². The van der Waals surface area contributed by atoms with Gasteiger partial charge in [0.1, 0.15) is 0 Å². The lowest BCUT2D eigenvalue weighted by atomic mass is 10.1. The molecule has 0 aromatic heterocycles. The highest BCUT2D eigenvalue weighted by molar-refractivity contribution is 5.93. The molecule has 0 aliphatic carbocycles. The van der Waals surface area contributed by atoms with Gasteiger partial charge in [-0.1, -0.05) is 26.0 Å². The minimum Gasteiger partial charge on any atom is -0.369 e. The number of nitrogens with one attached hydrogen (secondary N) is 1. The molecule has 4 heteroatoms. The number of rotatable bonds is 5. The van der Waals surface area contributed by atoms with Crippen LogP contribution in [0.15, 0.2) is 24.3 Å². The van der Waals surface area contributed by atoms with E-state index in [2.05, 4.69) is 12.2 Å². The molecule has 3 N–H and O–H groups in total. The molecule has 0 bridgehead atoms. The summed E-state index contributed by atoms with van der Waals surface area (Å²) in [6.07, 6.45) is 1.08. The standard InChI is InChI=1S/C13H18N2O2/c1-3-10-4-6-11(7-5-10)15-12(16)8-9(2)13(14)17/h4-7,9H,3,8H2,1-2H3,(H2,14,17)(H,15,16). The average molecular weight is 234 g/mol. The predicted molar refractivity (Wildman–Crippen MR) is 67.4 cm³/mol. The second-order valence-corrected chi connectivity index (χ2v) is 4.11. The first-order valence-electron chi connectivity index (χ1n) is 5.71. The Labute approximate surface area is 101 Å². The van der Waals surface area contributed by atoms with Gasteiger partial charge in [-0.2, -0.15) is 0 Å². The van der Waals surface area contributed by atoms with E-state index in [4.69, 9.17) is 5.73 Å². The number of nitrogens with two attached hydrogens (primary N) is 1. The molecule has 0 spiro atoms. The van der Waals surface area contributed by atoms with E-state index in [1.54, 1.807) is 6.92 Å². The van der Waals surface area contributed by atoms with E-state index in [9.17, 15) is 9.59 Å². The minimum absolute atomic E-state index is 0.116. The molecule has 1 aromatic carbocycles. The number of aryl methyl sites for hydroxylation is 1. The summed E-state index contributed by atoms with van der Waals surface area (Å²) in [6, 6.07) is 7.64. The summed E-state index contributed by atoms with van der Waals surface area (Å²) in [5.41, 5.74) is 7.05. The van der Waals surface area contributed by atoms with Crippen LogP contribution in [-0.4, -0.2) is 11.8 Å². The summed E-state index contributed by atoms with van der Waals surface area (Å²) in [5, 5.41) is 2.73. The molecule has 0 aliphatic heterocycles. The zero-order valence-electron chi connectivity index (χ0n) is 10.2. The zero-order chi connectivity index (χ0) is 12.8. The average Bonchev–Trinajstić information content (AvgIpc) is 2.29. The molecule has 17 heavy (non-hydrogen) atoms. The van der Waals surface area contributed by atoms with Crippen molar-refractivity contribution in [1.29, 1.82) is 0 Å². The van der Waals surface area contributed by atoms with Crippen LogP contribution in [0.1, 0.15) is 25.8 Å². The summed E-state index contributed by atoms with van der Waals surface area (Å²) >= 11 is 0. The van der Waals surface area contributed by atoms with Crippen LogP contribution in [0.2, 0.25) is 0 Å². The monoisotopic (exact) mass is 234 g/mol. The summed E-state index contributed by atoms with van der Waals surface area (Å²) in [7, 11) is 0. The Balaban J connectivity index is 2.53. The van der Waals surface area contributed by atoms with Crippen LogP contribution in [0.4, 0.5) is 5.69 Å². The van der Waals surface area contributed by atoms with E-state index in [0.29, 0.717) is 0 Å². The Bertz CT molecular complexity index is 398. The van der Waals surface area contributed by atoms with Crippen molar-refractivity contribution in [2.45, 2.75) is 26.7 Å². The second-order valence-electron chi connectivity index (χ2n) is 4.11. The molecule has 0 heterocycles. The van der Waals surface area contributed by atoms with Crippen molar-refractivity contribution in [3.05, 3.63) is 29.8 Å². The summed E-state index contributed by atoms with van der Waals surface area (Å²) in [5.74, 6) is -1.09. The molecule has 92 valence electrons. The van der Waals surface area contributed by atoms with Crippen LogP contribution >= 0.6 is 0 Å². The first-order chi connectivity index (χ1) is 8.02. The first-order valence-corrected chi connectivity index (χ1v) is 5.71. The number of anilines is 1. The third-order valence-electron chi connectivity index (χ3n) is 2.62. The lowest BCUT2D eigenvalue weighted by Gasteiger charge is -2.08. The molecular formula is C13H18N2O2. The molecule has 1 aromatic rings. The van der Waals surface area contributed by atoms with E-state index in [1.807, 2.05) is 24.3 Å². The van der Waals surface area contributed by atoms with Crippen molar-refractivity contribution in [3.8, 4) is 0 Å². The van der Waals surface area contributed by atoms with E-state index in [0.717, 1.165) is 12.1 Å². The fourth-order valence-electron chi connectivity index (χ4n) is 1.41. The topological polar surface area (TPSA) is 72.2 Å². The van der Waals surface area contributed by atoms with Crippen molar-refractivity contribution in [1.82, 2.24) is 0 Å². The molecule has 0 radical (unpaired) electrons. The molecule has 0 saturated heterocycles. The number of benzene rings is 1. The van der Waals surface area contributed by atoms with Crippen molar-refractivity contribution in [2.24, 2.45) is 11.7 Å². The Morgan fingerprint density at radius 2 is 1.88 bits per heavy atom. The van der Waals surface area contributed by atoms with Gasteiger partial charge in [0.25, 0.3) is 0 Å². The van der Waals surface area contributed by atoms with Gasteiger partial charge in [-0.3, -0.25) is 9.59 Å². The quantitative estimate of drug-likeness (QED) is 0.813. The van der Waals surface area contributed by atoms with Gasteiger partial charge in [0.2, 0.25) is 11.8 Å². The highest BCUT2D eigenvalue weighted by atomic mass is 16.2. The van der Waals surface area contributed by atoms with Crippen molar-refractivity contribution in [2.75, 3.05) is 5.32 Å². The van der Waals surface area contributed by atoms with Crippen molar-refractivity contribution in [3.63, 3.8) is 0 Å². The maximum atomic E-state index is 11.6. The molecule has 0 aliphatic rings. The molecule has 2 amide bonds. The van der Waals surface area contributed by atoms with Crippen molar-refractivity contribution >= 4 is 17.5 Å². The smallest absolute Gasteiger partial charge is 0.225 e. The Hall–Kier alpha value is -1.84. The summed E-state index contributed by atoms with van der Waals surface area (Å²) in [6.45, 7) is 3.71. The zero-order valence-corrected chi connectivity index (χ0v) is 10.2. The number of amides is 2. The Morgan fingerprint density at radius 1 is 1.29 bits per heavy atom. The fourth-order valence-corrected chi connectivity index (χ4v) is 1.41. The third kappa shape index (κ3) is 4.26. The van der Waals surface area contributed by atoms with Gasteiger partial charge < -0.3 is 11.1 Å². The normalized spacial score (nSPS) is 11.9. The van der Waals surface area contributed by atoms with Gasteiger partial charge >= 0.3 is 0 Å². The number of carbonyl (C=O) groups excluding carboxylic acids is 2. The lowest BCUT2D eigenvalue weighted by Crippen LogP contribution is -2.25. The minimum atomic E-state index is -0.457. The molecule has 1 unspecified atom stereocenters. The number of hydrogen-bond donors (Lipinski definition) is 2.